The van der Waals surface area contributed by atoms with Crippen LogP contribution in [0, 0.1) is 5.41 Å². The Balaban J connectivity index is 1.67. The maximum absolute atomic E-state index is 8.94. The third-order valence-corrected chi connectivity index (χ3v) is 5.98. The molecule has 1 heterocycles. The topological polar surface area (TPSA) is 66.3 Å². The summed E-state index contributed by atoms with van der Waals surface area (Å²) in [6.45, 7) is 6.08. The number of aliphatic hydroxyl groups excluding tert-OH is 1. The molecule has 0 radical (unpaired) electrons. The normalized spacial score (nSPS) is 19.1. The fourth-order valence-corrected chi connectivity index (χ4v) is 4.50. The predicted octanol–water partition coefficient (Wildman–Crippen LogP) is 3.19. The summed E-state index contributed by atoms with van der Waals surface area (Å²) in [7, 11) is 1.63. The molecule has 6 nitrogen and oxygen atoms in total. The number of aliphatic imine (C=N–C) groups is 1. The molecule has 0 amide bonds. The van der Waals surface area contributed by atoms with Crippen molar-refractivity contribution in [1.82, 2.24) is 10.2 Å². The Kier molecular flexibility index (Phi) is 7.43. The number of aliphatic hydroxyl groups is 1. The molecule has 1 aromatic carbocycles. The van der Waals surface area contributed by atoms with Crippen molar-refractivity contribution in [2.75, 3.05) is 40.0 Å². The van der Waals surface area contributed by atoms with Crippen molar-refractivity contribution >= 4 is 5.96 Å². The van der Waals surface area contributed by atoms with Crippen molar-refractivity contribution in [2.45, 2.75) is 52.0 Å². The minimum Gasteiger partial charge on any atom is -0.493 e. The van der Waals surface area contributed by atoms with Gasteiger partial charge >= 0.3 is 0 Å². The lowest BCUT2D eigenvalue weighted by Crippen LogP contribution is -2.41. The molecule has 1 aliphatic heterocycles. The Labute approximate surface area is 168 Å². The van der Waals surface area contributed by atoms with Crippen molar-refractivity contribution < 1.29 is 14.6 Å². The molecule has 3 rings (SSSR count). The first-order valence-corrected chi connectivity index (χ1v) is 10.6. The molecule has 1 saturated carbocycles. The van der Waals surface area contributed by atoms with Crippen molar-refractivity contribution in [3.8, 4) is 11.5 Å². The van der Waals surface area contributed by atoms with Gasteiger partial charge in [0.1, 0.15) is 6.61 Å². The first kappa shape index (κ1) is 20.8. The van der Waals surface area contributed by atoms with E-state index >= 15 is 0 Å². The standard InChI is InChI=1S/C22H35N3O3/c1-3-23-21(25-12-11-22(17-25)9-5-4-6-10-22)24-16-18-7-8-19(28-14-13-26)20(15-18)27-2/h7-8,15,26H,3-6,9-14,16-17H2,1-2H3,(H,23,24). The highest BCUT2D eigenvalue weighted by atomic mass is 16.5. The summed E-state index contributed by atoms with van der Waals surface area (Å²) in [4.78, 5) is 7.36. The van der Waals surface area contributed by atoms with Gasteiger partial charge in [-0.1, -0.05) is 25.3 Å². The van der Waals surface area contributed by atoms with Gasteiger partial charge in [-0.05, 0) is 49.3 Å². The highest BCUT2D eigenvalue weighted by Crippen LogP contribution is 2.43. The fourth-order valence-electron chi connectivity index (χ4n) is 4.50. The van der Waals surface area contributed by atoms with Crippen LogP contribution in [-0.2, 0) is 6.54 Å². The number of rotatable bonds is 7. The van der Waals surface area contributed by atoms with E-state index in [2.05, 4.69) is 17.1 Å². The number of benzene rings is 1. The van der Waals surface area contributed by atoms with Crippen LogP contribution in [-0.4, -0.2) is 55.9 Å². The summed E-state index contributed by atoms with van der Waals surface area (Å²) in [6.07, 6.45) is 8.20. The molecule has 156 valence electrons. The molecule has 0 bridgehead atoms. The number of hydrogen-bond acceptors (Lipinski definition) is 4. The van der Waals surface area contributed by atoms with Gasteiger partial charge in [-0.3, -0.25) is 0 Å². The molecule has 2 N–H and O–H groups in total. The molecule has 28 heavy (non-hydrogen) atoms. The zero-order valence-electron chi connectivity index (χ0n) is 17.4. The maximum Gasteiger partial charge on any atom is 0.194 e. The molecule has 0 aromatic heterocycles. The van der Waals surface area contributed by atoms with E-state index < -0.39 is 0 Å². The van der Waals surface area contributed by atoms with Gasteiger partial charge in [0.05, 0.1) is 20.3 Å². The molecule has 2 aliphatic rings. The maximum atomic E-state index is 8.94. The van der Waals surface area contributed by atoms with Crippen molar-refractivity contribution in [1.29, 1.82) is 0 Å². The number of likely N-dealkylation sites (tertiary alicyclic amines) is 1. The zero-order chi connectivity index (χ0) is 19.8. The predicted molar refractivity (Wildman–Crippen MR) is 112 cm³/mol. The lowest BCUT2D eigenvalue weighted by molar-refractivity contribution is 0.196. The largest absolute Gasteiger partial charge is 0.493 e. The van der Waals surface area contributed by atoms with E-state index in [9.17, 15) is 0 Å². The fraction of sp³-hybridized carbons (Fsp3) is 0.682. The second-order valence-corrected chi connectivity index (χ2v) is 7.96. The van der Waals surface area contributed by atoms with Gasteiger partial charge in [0.2, 0.25) is 0 Å². The van der Waals surface area contributed by atoms with Gasteiger partial charge in [0.25, 0.3) is 0 Å². The van der Waals surface area contributed by atoms with Gasteiger partial charge in [-0.2, -0.15) is 0 Å². The van der Waals surface area contributed by atoms with E-state index in [1.165, 1.54) is 38.5 Å². The Hall–Kier alpha value is -1.95. The highest BCUT2D eigenvalue weighted by Gasteiger charge is 2.39. The van der Waals surface area contributed by atoms with E-state index in [-0.39, 0.29) is 13.2 Å². The van der Waals surface area contributed by atoms with E-state index in [0.717, 1.165) is 31.2 Å². The van der Waals surface area contributed by atoms with Gasteiger partial charge < -0.3 is 24.8 Å². The monoisotopic (exact) mass is 389 g/mol. The third-order valence-electron chi connectivity index (χ3n) is 5.98. The smallest absolute Gasteiger partial charge is 0.194 e. The van der Waals surface area contributed by atoms with Crippen LogP contribution in [0.25, 0.3) is 0 Å². The Morgan fingerprint density at radius 1 is 1.21 bits per heavy atom. The minimum atomic E-state index is -0.0153. The molecular formula is C22H35N3O3. The molecule has 1 aliphatic carbocycles. The summed E-state index contributed by atoms with van der Waals surface area (Å²) >= 11 is 0. The van der Waals surface area contributed by atoms with E-state index in [1.807, 2.05) is 18.2 Å². The number of ether oxygens (including phenoxy) is 2. The summed E-state index contributed by atoms with van der Waals surface area (Å²) in [5.74, 6) is 2.34. The van der Waals surface area contributed by atoms with Gasteiger partial charge in [0.15, 0.2) is 17.5 Å². The summed E-state index contributed by atoms with van der Waals surface area (Å²) in [5, 5.41) is 12.4. The van der Waals surface area contributed by atoms with Gasteiger partial charge in [0, 0.05) is 19.6 Å². The van der Waals surface area contributed by atoms with Crippen LogP contribution in [0.2, 0.25) is 0 Å². The summed E-state index contributed by atoms with van der Waals surface area (Å²) in [6, 6.07) is 5.86. The lowest BCUT2D eigenvalue weighted by atomic mass is 9.73. The van der Waals surface area contributed by atoms with Crippen LogP contribution in [0.3, 0.4) is 0 Å². The number of hydrogen-bond donors (Lipinski definition) is 2. The molecule has 2 fully saturated rings. The van der Waals surface area contributed by atoms with E-state index in [1.54, 1.807) is 7.11 Å². The van der Waals surface area contributed by atoms with Crippen LogP contribution in [0.5, 0.6) is 11.5 Å². The van der Waals surface area contributed by atoms with Crippen LogP contribution >= 0.6 is 0 Å². The van der Waals surface area contributed by atoms with Crippen LogP contribution < -0.4 is 14.8 Å². The van der Waals surface area contributed by atoms with E-state index in [4.69, 9.17) is 19.6 Å². The summed E-state index contributed by atoms with van der Waals surface area (Å²) < 4.78 is 10.9. The molecule has 1 saturated heterocycles. The average Bonchev–Trinajstić information content (AvgIpc) is 3.13. The van der Waals surface area contributed by atoms with Crippen LogP contribution in [0.1, 0.15) is 51.0 Å². The molecule has 1 aromatic rings. The number of nitrogens with one attached hydrogen (secondary N) is 1. The lowest BCUT2D eigenvalue weighted by Gasteiger charge is -2.33. The SMILES string of the molecule is CCNC(=NCc1ccc(OCCO)c(OC)c1)N1CCC2(CCCCC2)C1. The molecule has 0 atom stereocenters. The molecular weight excluding hydrogens is 354 g/mol. The Morgan fingerprint density at radius 3 is 2.75 bits per heavy atom. The van der Waals surface area contributed by atoms with E-state index in [0.29, 0.717) is 23.5 Å². The second-order valence-electron chi connectivity index (χ2n) is 7.96. The first-order valence-electron chi connectivity index (χ1n) is 10.6. The third kappa shape index (κ3) is 5.10. The Bertz CT molecular complexity index is 656. The number of nitrogens with zero attached hydrogens (tertiary/aromatic N) is 2. The summed E-state index contributed by atoms with van der Waals surface area (Å²) in [5.41, 5.74) is 1.60. The van der Waals surface area contributed by atoms with Crippen molar-refractivity contribution in [2.24, 2.45) is 10.4 Å². The first-order chi connectivity index (χ1) is 13.7. The molecule has 1 spiro atoms. The number of methoxy groups -OCH3 is 1. The molecule has 6 heteroatoms. The Morgan fingerprint density at radius 2 is 2.04 bits per heavy atom. The second kappa shape index (κ2) is 10.0. The quantitative estimate of drug-likeness (QED) is 0.554. The van der Waals surface area contributed by atoms with Crippen LogP contribution in [0.15, 0.2) is 23.2 Å². The van der Waals surface area contributed by atoms with Gasteiger partial charge in [-0.15, -0.1) is 0 Å². The minimum absolute atomic E-state index is 0.0153. The molecule has 0 unspecified atom stereocenters. The van der Waals surface area contributed by atoms with Crippen molar-refractivity contribution in [3.05, 3.63) is 23.8 Å². The van der Waals surface area contributed by atoms with Crippen LogP contribution in [0.4, 0.5) is 0 Å². The highest BCUT2D eigenvalue weighted by molar-refractivity contribution is 5.80. The zero-order valence-corrected chi connectivity index (χ0v) is 17.4. The van der Waals surface area contributed by atoms with Crippen molar-refractivity contribution in [3.63, 3.8) is 0 Å². The number of guanidine groups is 1. The van der Waals surface area contributed by atoms with Gasteiger partial charge in [-0.25, -0.2) is 4.99 Å². The average molecular weight is 390 g/mol.